The van der Waals surface area contributed by atoms with Crippen molar-refractivity contribution in [3.8, 4) is 24.7 Å². The minimum absolute atomic E-state index is 0. The van der Waals surface area contributed by atoms with Gasteiger partial charge in [0.15, 0.2) is 0 Å². The smallest absolute Gasteiger partial charge is 0.159 e. The molecule has 0 aromatic heterocycles. The zero-order valence-corrected chi connectivity index (χ0v) is 11.6. The molecule has 0 atom stereocenters. The number of terminal acetylenes is 2. The van der Waals surface area contributed by atoms with Gasteiger partial charge >= 0.3 is 12.4 Å². The maximum Gasteiger partial charge on any atom is 0.457 e. The molecule has 0 N–H and O–H groups in total. The third kappa shape index (κ3) is 34.0. The molecule has 0 aliphatic carbocycles. The molecule has 0 aliphatic rings. The Hall–Kier alpha value is -0.365. The van der Waals surface area contributed by atoms with Crippen molar-refractivity contribution in [2.45, 2.75) is 12.4 Å². The molecule has 0 aliphatic heterocycles. The predicted molar refractivity (Wildman–Crippen MR) is 29.8 cm³/mol. The maximum absolute atomic E-state index is 10.5. The van der Waals surface area contributed by atoms with E-state index in [1.165, 1.54) is 0 Å². The van der Waals surface area contributed by atoms with Gasteiger partial charge in [0.05, 0.1) is 0 Å². The minimum atomic E-state index is -4.43. The number of alkyl halides is 6. The van der Waals surface area contributed by atoms with E-state index < -0.39 is 12.4 Å². The van der Waals surface area contributed by atoms with Crippen molar-refractivity contribution < 1.29 is 54.0 Å². The summed E-state index contributed by atoms with van der Waals surface area (Å²) in [4.78, 5) is 0. The fourth-order valence-corrected chi connectivity index (χ4v) is 0. The molecule has 0 aromatic carbocycles. The number of rotatable bonds is 0. The van der Waals surface area contributed by atoms with Gasteiger partial charge in [-0.05, 0) is 0 Å². The first-order valence-corrected chi connectivity index (χ1v) is 2.21. The van der Waals surface area contributed by atoms with Gasteiger partial charge in [-0.2, -0.15) is 26.3 Å². The van der Waals surface area contributed by atoms with Gasteiger partial charge in [-0.25, -0.2) is 0 Å². The van der Waals surface area contributed by atoms with E-state index in [0.29, 0.717) is 11.8 Å². The zero-order chi connectivity index (χ0) is 10.4. The molecule has 0 unspecified atom stereocenters. The van der Waals surface area contributed by atoms with E-state index in [1.807, 2.05) is 0 Å². The SMILES string of the molecule is C#CC(F)(F)F.C#CC(F)(F)F.[Hg]. The number of hydrogen-bond donors (Lipinski definition) is 0. The van der Waals surface area contributed by atoms with Crippen LogP contribution in [0, 0.1) is 24.7 Å². The Morgan fingerprint density at radius 1 is 0.692 bits per heavy atom. The minimum Gasteiger partial charge on any atom is -0.159 e. The first-order chi connectivity index (χ1) is 5.12. The normalized spacial score (nSPS) is 9.54. The van der Waals surface area contributed by atoms with Crippen LogP contribution in [0.3, 0.4) is 0 Å². The van der Waals surface area contributed by atoms with Crippen LogP contribution in [0.5, 0.6) is 0 Å². The summed E-state index contributed by atoms with van der Waals surface area (Å²) in [5, 5.41) is 0. The summed E-state index contributed by atoms with van der Waals surface area (Å²) in [6, 6.07) is 0. The molecule has 0 saturated heterocycles. The molecule has 0 fully saturated rings. The van der Waals surface area contributed by atoms with Crippen LogP contribution in [0.2, 0.25) is 0 Å². The maximum atomic E-state index is 10.5. The van der Waals surface area contributed by atoms with E-state index in [9.17, 15) is 26.3 Å². The first kappa shape index (κ1) is 18.4. The summed E-state index contributed by atoms with van der Waals surface area (Å²) in [7, 11) is 0. The van der Waals surface area contributed by atoms with Crippen LogP contribution in [0.25, 0.3) is 0 Å². The summed E-state index contributed by atoms with van der Waals surface area (Å²) in [6.07, 6.45) is -1.00. The van der Waals surface area contributed by atoms with Crippen molar-refractivity contribution in [1.29, 1.82) is 0 Å². The van der Waals surface area contributed by atoms with E-state index in [1.54, 1.807) is 0 Å². The fraction of sp³-hybridized carbons (Fsp3) is 0.333. The van der Waals surface area contributed by atoms with Crippen molar-refractivity contribution in [2.24, 2.45) is 0 Å². The predicted octanol–water partition coefficient (Wildman–Crippen LogP) is 2.36. The Morgan fingerprint density at radius 2 is 0.769 bits per heavy atom. The monoisotopic (exact) mass is 390 g/mol. The Bertz CT molecular complexity index is 175. The molecule has 0 rings (SSSR count). The fourth-order valence-electron chi connectivity index (χ4n) is 0. The second kappa shape index (κ2) is 7.08. The van der Waals surface area contributed by atoms with Crippen molar-refractivity contribution in [1.82, 2.24) is 0 Å². The summed E-state index contributed by atoms with van der Waals surface area (Å²) in [5.74, 6) is 1.21. The third-order valence-electron chi connectivity index (χ3n) is 0.327. The summed E-state index contributed by atoms with van der Waals surface area (Å²) >= 11 is 0. The van der Waals surface area contributed by atoms with Crippen LogP contribution in [0.4, 0.5) is 26.3 Å². The van der Waals surface area contributed by atoms with Crippen molar-refractivity contribution in [3.63, 3.8) is 0 Å². The van der Waals surface area contributed by atoms with Gasteiger partial charge in [0, 0.05) is 39.5 Å². The van der Waals surface area contributed by atoms with Gasteiger partial charge in [0.2, 0.25) is 0 Å². The molecular formula is C6H2F6Hg. The van der Waals surface area contributed by atoms with Crippen molar-refractivity contribution in [2.75, 3.05) is 0 Å². The molecule has 0 heterocycles. The third-order valence-corrected chi connectivity index (χ3v) is 0.327. The van der Waals surface area contributed by atoms with Crippen LogP contribution in [0.1, 0.15) is 0 Å². The molecule has 0 spiro atoms. The first-order valence-electron chi connectivity index (χ1n) is 2.21. The van der Waals surface area contributed by atoms with E-state index in [-0.39, 0.29) is 27.7 Å². The van der Waals surface area contributed by atoms with Gasteiger partial charge in [-0.3, -0.25) is 0 Å². The molecule has 0 nitrogen and oxygen atoms in total. The molecule has 70 valence electrons. The van der Waals surface area contributed by atoms with Gasteiger partial charge < -0.3 is 0 Å². The molecule has 0 aromatic rings. The van der Waals surface area contributed by atoms with Crippen molar-refractivity contribution >= 4 is 0 Å². The van der Waals surface area contributed by atoms with Gasteiger partial charge in [0.1, 0.15) is 0 Å². The van der Waals surface area contributed by atoms with Gasteiger partial charge in [-0.15, -0.1) is 12.8 Å². The van der Waals surface area contributed by atoms with Crippen LogP contribution in [-0.4, -0.2) is 12.4 Å². The largest absolute Gasteiger partial charge is 0.457 e. The number of halogens is 6. The molecule has 7 heteroatoms. The van der Waals surface area contributed by atoms with E-state index in [4.69, 9.17) is 0 Å². The van der Waals surface area contributed by atoms with Crippen molar-refractivity contribution in [3.05, 3.63) is 0 Å². The van der Waals surface area contributed by atoms with Gasteiger partial charge in [0.25, 0.3) is 0 Å². The average molecular weight is 389 g/mol. The Labute approximate surface area is 91.2 Å². The van der Waals surface area contributed by atoms with Crippen LogP contribution < -0.4 is 0 Å². The van der Waals surface area contributed by atoms with Crippen LogP contribution >= 0.6 is 0 Å². The summed E-state index contributed by atoms with van der Waals surface area (Å²) in [5.41, 5.74) is 0. The molecule has 0 radical (unpaired) electrons. The van der Waals surface area contributed by atoms with Crippen LogP contribution in [0.15, 0.2) is 0 Å². The Balaban J connectivity index is -0.000000143. The van der Waals surface area contributed by atoms with E-state index in [0.717, 1.165) is 0 Å². The van der Waals surface area contributed by atoms with Gasteiger partial charge in [-0.1, -0.05) is 0 Å². The Kier molecular flexibility index (Phi) is 10.0. The molecule has 0 bridgehead atoms. The van der Waals surface area contributed by atoms with E-state index >= 15 is 0 Å². The molecule has 13 heavy (non-hydrogen) atoms. The average Bonchev–Trinajstić information content (AvgIpc) is 1.86. The zero-order valence-electron chi connectivity index (χ0n) is 6.13. The summed E-state index contributed by atoms with van der Waals surface area (Å²) in [6.45, 7) is 0. The second-order valence-corrected chi connectivity index (χ2v) is 1.28. The molecule has 0 amide bonds. The molecule has 0 saturated carbocycles. The number of hydrogen-bond acceptors (Lipinski definition) is 0. The topological polar surface area (TPSA) is 0 Å². The van der Waals surface area contributed by atoms with E-state index in [2.05, 4.69) is 12.8 Å². The Morgan fingerprint density at radius 3 is 0.769 bits per heavy atom. The molecular weight excluding hydrogens is 387 g/mol. The quantitative estimate of drug-likeness (QED) is 0.339. The van der Waals surface area contributed by atoms with Crippen LogP contribution in [-0.2, 0) is 27.7 Å². The standard InChI is InChI=1S/2C3HF3.Hg/c2*1-2-3(4,5)6;/h2*1H;. The summed E-state index contributed by atoms with van der Waals surface area (Å²) < 4.78 is 63.3. The second-order valence-electron chi connectivity index (χ2n) is 1.28.